The van der Waals surface area contributed by atoms with Crippen molar-refractivity contribution in [3.05, 3.63) is 59.2 Å². The second-order valence-corrected chi connectivity index (χ2v) is 12.4. The number of ether oxygens (including phenoxy) is 1. The predicted molar refractivity (Wildman–Crippen MR) is 134 cm³/mol. The molecule has 7 aliphatic rings. The molecule has 36 heavy (non-hydrogen) atoms. The molecule has 6 atom stereocenters. The Labute approximate surface area is 211 Å². The molecule has 188 valence electrons. The second-order valence-electron chi connectivity index (χ2n) is 12.4. The van der Waals surface area contributed by atoms with Crippen molar-refractivity contribution in [3.8, 4) is 11.5 Å². The zero-order valence-corrected chi connectivity index (χ0v) is 20.6. The van der Waals surface area contributed by atoms with Crippen LogP contribution in [0, 0.1) is 17.3 Å². The summed E-state index contributed by atoms with van der Waals surface area (Å²) in [7, 11) is 0. The maximum absolute atomic E-state index is 13.8. The number of hydrogen-bond acceptors (Lipinski definition) is 5. The summed E-state index contributed by atoms with van der Waals surface area (Å²) >= 11 is 0. The third-order valence-electron chi connectivity index (χ3n) is 10.9. The van der Waals surface area contributed by atoms with Gasteiger partial charge in [0.15, 0.2) is 11.5 Å². The lowest BCUT2D eigenvalue weighted by atomic mass is 9.35. The van der Waals surface area contributed by atoms with E-state index in [1.54, 1.807) is 6.07 Å². The summed E-state index contributed by atoms with van der Waals surface area (Å²) in [6, 6.07) is 14.1. The number of nitrogens with zero attached hydrogens (tertiary/aromatic N) is 1. The zero-order valence-electron chi connectivity index (χ0n) is 20.6. The number of benzene rings is 2. The van der Waals surface area contributed by atoms with Gasteiger partial charge >= 0.3 is 0 Å². The lowest BCUT2D eigenvalue weighted by Gasteiger charge is -2.73. The summed E-state index contributed by atoms with van der Waals surface area (Å²) in [5, 5.41) is 26.4. The fourth-order valence-electron chi connectivity index (χ4n) is 9.28. The van der Waals surface area contributed by atoms with Crippen LogP contribution in [-0.2, 0) is 23.2 Å². The number of piperidine rings is 1. The normalized spacial score (nSPS) is 39.4. The SMILES string of the molecule is O=C(NCc1ccccc1)[C@H]1CC23CC[C@]1(O)C1Oc4c(O)ccc5c4[C@@]12CCN(CC1CC1)[C@@H]3C5. The molecule has 1 amide bonds. The summed E-state index contributed by atoms with van der Waals surface area (Å²) in [6.45, 7) is 2.60. The summed E-state index contributed by atoms with van der Waals surface area (Å²) < 4.78 is 6.61. The maximum Gasteiger partial charge on any atom is 0.226 e. The first kappa shape index (κ1) is 21.5. The van der Waals surface area contributed by atoms with Gasteiger partial charge in [0.05, 0.1) is 5.92 Å². The molecular formula is C30H34N2O4. The van der Waals surface area contributed by atoms with Gasteiger partial charge in [-0.2, -0.15) is 0 Å². The molecule has 2 aromatic rings. The smallest absolute Gasteiger partial charge is 0.226 e. The Balaban J connectivity index is 1.23. The summed E-state index contributed by atoms with van der Waals surface area (Å²) in [6.07, 6.45) is 6.18. The maximum atomic E-state index is 13.8. The Kier molecular flexibility index (Phi) is 4.21. The monoisotopic (exact) mass is 486 g/mol. The van der Waals surface area contributed by atoms with E-state index in [4.69, 9.17) is 4.74 Å². The molecule has 5 fully saturated rings. The molecule has 2 heterocycles. The van der Waals surface area contributed by atoms with Gasteiger partial charge in [-0.15, -0.1) is 0 Å². The first-order chi connectivity index (χ1) is 17.5. The van der Waals surface area contributed by atoms with E-state index >= 15 is 0 Å². The van der Waals surface area contributed by atoms with Gasteiger partial charge in [-0.1, -0.05) is 36.4 Å². The van der Waals surface area contributed by atoms with Crippen molar-refractivity contribution in [1.29, 1.82) is 0 Å². The van der Waals surface area contributed by atoms with Crippen molar-refractivity contribution in [1.82, 2.24) is 10.2 Å². The van der Waals surface area contributed by atoms with Crippen LogP contribution in [0.2, 0.25) is 0 Å². The number of phenols is 1. The van der Waals surface area contributed by atoms with E-state index in [2.05, 4.69) is 16.3 Å². The molecule has 2 aliphatic heterocycles. The predicted octanol–water partition coefficient (Wildman–Crippen LogP) is 3.28. The van der Waals surface area contributed by atoms with Crippen LogP contribution in [0.1, 0.15) is 55.2 Å². The lowest BCUT2D eigenvalue weighted by molar-refractivity contribution is -0.264. The molecule has 0 radical (unpaired) electrons. The Bertz CT molecular complexity index is 1260. The van der Waals surface area contributed by atoms with Crippen molar-refractivity contribution >= 4 is 5.91 Å². The highest BCUT2D eigenvalue weighted by Crippen LogP contribution is 2.76. The molecule has 6 heteroatoms. The highest BCUT2D eigenvalue weighted by Gasteiger charge is 2.81. The number of phenolic OH excluding ortho intramolecular Hbond substituents is 1. The van der Waals surface area contributed by atoms with Crippen LogP contribution >= 0.6 is 0 Å². The van der Waals surface area contributed by atoms with Crippen LogP contribution in [-0.4, -0.2) is 51.9 Å². The Morgan fingerprint density at radius 2 is 1.94 bits per heavy atom. The average Bonchev–Trinajstić information content (AvgIpc) is 3.63. The zero-order chi connectivity index (χ0) is 24.3. The van der Waals surface area contributed by atoms with Crippen molar-refractivity contribution in [2.24, 2.45) is 17.3 Å². The topological polar surface area (TPSA) is 82.0 Å². The van der Waals surface area contributed by atoms with E-state index in [0.717, 1.165) is 49.4 Å². The standard InChI is InChI=1S/C30H34N2O4/c33-22-9-8-20-14-23-28-10-11-30(35,21(15-28)26(34)31-16-18-4-2-1-3-5-18)27-29(28,24(20)25(22)36-27)12-13-32(23)17-19-6-7-19/h1-5,8-9,19,21,23,27,33,35H,6-7,10-17H2,(H,31,34)/t21-,23-,27?,28?,29+,30-/m1/s1. The Morgan fingerprint density at radius 1 is 1.11 bits per heavy atom. The van der Waals surface area contributed by atoms with Gasteiger partial charge in [-0.05, 0) is 74.6 Å². The van der Waals surface area contributed by atoms with Crippen LogP contribution in [0.5, 0.6) is 11.5 Å². The molecule has 0 aromatic heterocycles. The van der Waals surface area contributed by atoms with Crippen molar-refractivity contribution in [2.75, 3.05) is 13.1 Å². The van der Waals surface area contributed by atoms with Gasteiger partial charge in [-0.25, -0.2) is 0 Å². The molecule has 1 saturated heterocycles. The number of carbonyl (C=O) groups excluding carboxylic acids is 1. The lowest BCUT2D eigenvalue weighted by Crippen LogP contribution is -2.81. The van der Waals surface area contributed by atoms with Gasteiger partial charge in [0, 0.05) is 35.5 Å². The molecule has 2 aromatic carbocycles. The summed E-state index contributed by atoms with van der Waals surface area (Å²) in [5.41, 5.74) is 1.77. The minimum Gasteiger partial charge on any atom is -0.504 e. The van der Waals surface area contributed by atoms with Gasteiger partial charge in [-0.3, -0.25) is 9.69 Å². The highest BCUT2D eigenvalue weighted by molar-refractivity contribution is 5.81. The molecular weight excluding hydrogens is 452 g/mol. The molecule has 5 aliphatic carbocycles. The molecule has 9 rings (SSSR count). The molecule has 2 unspecified atom stereocenters. The van der Waals surface area contributed by atoms with Crippen LogP contribution in [0.25, 0.3) is 0 Å². The quantitative estimate of drug-likeness (QED) is 0.604. The van der Waals surface area contributed by atoms with Crippen molar-refractivity contribution < 1.29 is 19.7 Å². The van der Waals surface area contributed by atoms with E-state index < -0.39 is 17.6 Å². The first-order valence-electron chi connectivity index (χ1n) is 13.8. The number of hydrogen-bond donors (Lipinski definition) is 3. The fourth-order valence-corrected chi connectivity index (χ4v) is 9.28. The Morgan fingerprint density at radius 3 is 2.75 bits per heavy atom. The molecule has 3 N–H and O–H groups in total. The first-order valence-corrected chi connectivity index (χ1v) is 13.8. The number of carbonyl (C=O) groups is 1. The molecule has 2 spiro atoms. The van der Waals surface area contributed by atoms with E-state index in [9.17, 15) is 15.0 Å². The van der Waals surface area contributed by atoms with Crippen molar-refractivity contribution in [3.63, 3.8) is 0 Å². The van der Waals surface area contributed by atoms with Gasteiger partial charge < -0.3 is 20.3 Å². The number of aliphatic hydroxyl groups is 1. The average molecular weight is 487 g/mol. The number of nitrogens with one attached hydrogen (secondary N) is 1. The minimum atomic E-state index is -1.24. The molecule has 4 bridgehead atoms. The van der Waals surface area contributed by atoms with E-state index in [-0.39, 0.29) is 22.5 Å². The number of amides is 1. The van der Waals surface area contributed by atoms with Crippen LogP contribution in [0.3, 0.4) is 0 Å². The Hall–Kier alpha value is -2.57. The minimum absolute atomic E-state index is 0.0725. The molecule has 4 saturated carbocycles. The number of fused-ring (bicyclic) bond motifs is 2. The second kappa shape index (κ2) is 7.05. The third kappa shape index (κ3) is 2.52. The van der Waals surface area contributed by atoms with E-state index in [1.807, 2.05) is 30.3 Å². The van der Waals surface area contributed by atoms with E-state index in [0.29, 0.717) is 31.2 Å². The highest BCUT2D eigenvalue weighted by atomic mass is 16.5. The van der Waals surface area contributed by atoms with Gasteiger partial charge in [0.1, 0.15) is 11.7 Å². The van der Waals surface area contributed by atoms with Gasteiger partial charge in [0.25, 0.3) is 0 Å². The number of rotatable bonds is 5. The van der Waals surface area contributed by atoms with Gasteiger partial charge in [0.2, 0.25) is 5.91 Å². The van der Waals surface area contributed by atoms with Crippen LogP contribution in [0.15, 0.2) is 42.5 Å². The number of aromatic hydroxyl groups is 1. The van der Waals surface area contributed by atoms with Crippen molar-refractivity contribution in [2.45, 2.75) is 74.7 Å². The fraction of sp³-hybridized carbons (Fsp3) is 0.567. The van der Waals surface area contributed by atoms with Crippen LogP contribution < -0.4 is 10.1 Å². The number of likely N-dealkylation sites (tertiary alicyclic amines) is 1. The molecule has 6 nitrogen and oxygen atoms in total. The third-order valence-corrected chi connectivity index (χ3v) is 10.9. The summed E-state index contributed by atoms with van der Waals surface area (Å²) in [5.74, 6) is 0.948. The van der Waals surface area contributed by atoms with Crippen LogP contribution in [0.4, 0.5) is 0 Å². The summed E-state index contributed by atoms with van der Waals surface area (Å²) in [4.78, 5) is 16.5. The largest absolute Gasteiger partial charge is 0.504 e. The van der Waals surface area contributed by atoms with E-state index in [1.165, 1.54) is 18.4 Å².